The second-order valence-electron chi connectivity index (χ2n) is 5.72. The van der Waals surface area contributed by atoms with Crippen LogP contribution in [0.25, 0.3) is 10.2 Å². The number of hydrogen-bond donors (Lipinski definition) is 3. The van der Waals surface area contributed by atoms with E-state index >= 15 is 0 Å². The smallest absolute Gasteiger partial charge is 0.251 e. The summed E-state index contributed by atoms with van der Waals surface area (Å²) in [5, 5.41) is 5.84. The van der Waals surface area contributed by atoms with E-state index in [1.165, 1.54) is 11.3 Å². The molecular weight excluding hydrogens is 288 g/mol. The minimum absolute atomic E-state index is 0.0566. The van der Waals surface area contributed by atoms with Gasteiger partial charge in [0.2, 0.25) is 5.91 Å². The number of benzene rings is 1. The van der Waals surface area contributed by atoms with Gasteiger partial charge in [-0.05, 0) is 39.0 Å². The highest BCUT2D eigenvalue weighted by Crippen LogP contribution is 2.24. The molecule has 0 saturated carbocycles. The Morgan fingerprint density at radius 3 is 2.71 bits per heavy atom. The molecule has 112 valence electrons. The van der Waals surface area contributed by atoms with Gasteiger partial charge in [0.25, 0.3) is 5.91 Å². The minimum atomic E-state index is -0.319. The van der Waals surface area contributed by atoms with Crippen molar-refractivity contribution in [3.05, 3.63) is 23.8 Å². The van der Waals surface area contributed by atoms with Gasteiger partial charge in [0.1, 0.15) is 0 Å². The number of amides is 2. The summed E-state index contributed by atoms with van der Waals surface area (Å²) in [6.07, 6.45) is 0. The molecule has 2 rings (SSSR count). The Bertz CT molecular complexity index is 688. The molecule has 0 aliphatic carbocycles. The predicted octanol–water partition coefficient (Wildman–Crippen LogP) is 1.52. The summed E-state index contributed by atoms with van der Waals surface area (Å²) in [7, 11) is 0. The van der Waals surface area contributed by atoms with Crippen LogP contribution < -0.4 is 16.4 Å². The Kier molecular flexibility index (Phi) is 4.13. The largest absolute Gasteiger partial charge is 0.375 e. The number of thiazole rings is 1. The van der Waals surface area contributed by atoms with Crippen LogP contribution in [0.4, 0.5) is 5.13 Å². The van der Waals surface area contributed by atoms with Crippen LogP contribution in [0.1, 0.15) is 31.1 Å². The third-order valence-electron chi connectivity index (χ3n) is 2.59. The van der Waals surface area contributed by atoms with Crippen LogP contribution in [0.2, 0.25) is 0 Å². The van der Waals surface area contributed by atoms with Crippen LogP contribution in [0, 0.1) is 0 Å². The molecule has 0 spiro atoms. The van der Waals surface area contributed by atoms with E-state index in [9.17, 15) is 9.59 Å². The third-order valence-corrected chi connectivity index (χ3v) is 3.44. The van der Waals surface area contributed by atoms with Crippen molar-refractivity contribution in [2.45, 2.75) is 26.3 Å². The molecule has 0 atom stereocenters. The van der Waals surface area contributed by atoms with E-state index in [0.29, 0.717) is 10.7 Å². The SMILES string of the molecule is CC(C)(C)NC(=O)CNC(=O)c1ccc2nc(N)sc2c1. The van der Waals surface area contributed by atoms with Crippen molar-refractivity contribution in [2.75, 3.05) is 12.3 Å². The van der Waals surface area contributed by atoms with Crippen molar-refractivity contribution < 1.29 is 9.59 Å². The van der Waals surface area contributed by atoms with Gasteiger partial charge in [-0.15, -0.1) is 0 Å². The van der Waals surface area contributed by atoms with E-state index < -0.39 is 0 Å². The maximum absolute atomic E-state index is 12.0. The van der Waals surface area contributed by atoms with Crippen LogP contribution in [0.15, 0.2) is 18.2 Å². The van der Waals surface area contributed by atoms with Crippen LogP contribution in [0.3, 0.4) is 0 Å². The highest BCUT2D eigenvalue weighted by atomic mass is 32.1. The van der Waals surface area contributed by atoms with Gasteiger partial charge < -0.3 is 16.4 Å². The van der Waals surface area contributed by atoms with E-state index in [0.717, 1.165) is 10.2 Å². The van der Waals surface area contributed by atoms with Crippen molar-refractivity contribution in [1.29, 1.82) is 0 Å². The fraction of sp³-hybridized carbons (Fsp3) is 0.357. The lowest BCUT2D eigenvalue weighted by atomic mass is 10.1. The normalized spacial score (nSPS) is 11.4. The predicted molar refractivity (Wildman–Crippen MR) is 84.3 cm³/mol. The number of carbonyl (C=O) groups is 2. The van der Waals surface area contributed by atoms with Crippen molar-refractivity contribution >= 4 is 38.5 Å². The fourth-order valence-electron chi connectivity index (χ4n) is 1.81. The highest BCUT2D eigenvalue weighted by Gasteiger charge is 2.15. The molecule has 4 N–H and O–H groups in total. The number of hydrogen-bond acceptors (Lipinski definition) is 5. The molecule has 6 nitrogen and oxygen atoms in total. The Hall–Kier alpha value is -2.15. The standard InChI is InChI=1S/C14H18N4O2S/c1-14(2,3)18-11(19)7-16-12(20)8-4-5-9-10(6-8)21-13(15)17-9/h4-6H,7H2,1-3H3,(H2,15,17)(H,16,20)(H,18,19). The lowest BCUT2D eigenvalue weighted by molar-refractivity contribution is -0.121. The minimum Gasteiger partial charge on any atom is -0.375 e. The molecule has 1 aromatic heterocycles. The van der Waals surface area contributed by atoms with Crippen molar-refractivity contribution in [3.63, 3.8) is 0 Å². The Morgan fingerprint density at radius 2 is 2.05 bits per heavy atom. The summed E-state index contributed by atoms with van der Waals surface area (Å²) in [5.41, 5.74) is 6.55. The number of rotatable bonds is 3. The van der Waals surface area contributed by atoms with E-state index in [4.69, 9.17) is 5.73 Å². The first-order valence-electron chi connectivity index (χ1n) is 6.50. The molecular formula is C14H18N4O2S. The zero-order valence-electron chi connectivity index (χ0n) is 12.2. The number of nitrogens with two attached hydrogens (primary N) is 1. The lowest BCUT2D eigenvalue weighted by Crippen LogP contribution is -2.45. The average Bonchev–Trinajstić information content (AvgIpc) is 2.72. The first-order chi connectivity index (χ1) is 9.74. The first kappa shape index (κ1) is 15.2. The van der Waals surface area contributed by atoms with Crippen molar-refractivity contribution in [3.8, 4) is 0 Å². The Labute approximate surface area is 126 Å². The van der Waals surface area contributed by atoms with Crippen LogP contribution >= 0.6 is 11.3 Å². The van der Waals surface area contributed by atoms with Gasteiger partial charge >= 0.3 is 0 Å². The van der Waals surface area contributed by atoms with Gasteiger partial charge in [-0.1, -0.05) is 11.3 Å². The molecule has 0 aliphatic heterocycles. The number of carbonyl (C=O) groups excluding carboxylic acids is 2. The zero-order valence-corrected chi connectivity index (χ0v) is 13.0. The Morgan fingerprint density at radius 1 is 1.33 bits per heavy atom. The molecule has 2 aromatic rings. The summed E-state index contributed by atoms with van der Waals surface area (Å²) in [6, 6.07) is 5.13. The number of fused-ring (bicyclic) bond motifs is 1. The quantitative estimate of drug-likeness (QED) is 0.801. The number of aromatic nitrogens is 1. The molecule has 0 bridgehead atoms. The number of anilines is 1. The maximum atomic E-state index is 12.0. The van der Waals surface area contributed by atoms with Crippen LogP contribution in [0.5, 0.6) is 0 Å². The number of nitrogens with zero attached hydrogens (tertiary/aromatic N) is 1. The third kappa shape index (κ3) is 4.16. The van der Waals surface area contributed by atoms with Gasteiger partial charge in [0.05, 0.1) is 16.8 Å². The van der Waals surface area contributed by atoms with E-state index in [-0.39, 0.29) is 23.9 Å². The second-order valence-corrected chi connectivity index (χ2v) is 6.78. The molecule has 0 aliphatic rings. The summed E-state index contributed by atoms with van der Waals surface area (Å²) in [5.74, 6) is -0.521. The van der Waals surface area contributed by atoms with Gasteiger partial charge in [-0.3, -0.25) is 9.59 Å². The number of nitrogen functional groups attached to an aromatic ring is 1. The molecule has 0 radical (unpaired) electrons. The molecule has 7 heteroatoms. The molecule has 1 aromatic carbocycles. The summed E-state index contributed by atoms with van der Waals surface area (Å²) in [6.45, 7) is 5.59. The van der Waals surface area contributed by atoms with E-state index in [1.807, 2.05) is 20.8 Å². The van der Waals surface area contributed by atoms with Crippen LogP contribution in [-0.4, -0.2) is 28.9 Å². The number of nitrogens with one attached hydrogen (secondary N) is 2. The zero-order chi connectivity index (χ0) is 15.6. The lowest BCUT2D eigenvalue weighted by Gasteiger charge is -2.20. The van der Waals surface area contributed by atoms with Gasteiger partial charge in [-0.2, -0.15) is 0 Å². The van der Waals surface area contributed by atoms with Gasteiger partial charge in [0, 0.05) is 11.1 Å². The monoisotopic (exact) mass is 306 g/mol. The topological polar surface area (TPSA) is 97.1 Å². The summed E-state index contributed by atoms with van der Waals surface area (Å²) in [4.78, 5) is 27.8. The molecule has 2 amide bonds. The second kappa shape index (κ2) is 5.69. The summed E-state index contributed by atoms with van der Waals surface area (Å²) < 4.78 is 0.847. The average molecular weight is 306 g/mol. The molecule has 0 saturated heterocycles. The van der Waals surface area contributed by atoms with E-state index in [1.54, 1.807) is 18.2 Å². The van der Waals surface area contributed by atoms with Crippen molar-refractivity contribution in [2.24, 2.45) is 0 Å². The summed E-state index contributed by atoms with van der Waals surface area (Å²) >= 11 is 1.32. The Balaban J connectivity index is 2.00. The fourth-order valence-corrected chi connectivity index (χ4v) is 2.58. The molecule has 21 heavy (non-hydrogen) atoms. The van der Waals surface area contributed by atoms with E-state index in [2.05, 4.69) is 15.6 Å². The maximum Gasteiger partial charge on any atom is 0.251 e. The first-order valence-corrected chi connectivity index (χ1v) is 7.31. The molecule has 1 heterocycles. The highest BCUT2D eigenvalue weighted by molar-refractivity contribution is 7.22. The van der Waals surface area contributed by atoms with Gasteiger partial charge in [0.15, 0.2) is 5.13 Å². The molecule has 0 unspecified atom stereocenters. The van der Waals surface area contributed by atoms with Gasteiger partial charge in [-0.25, -0.2) is 4.98 Å². The van der Waals surface area contributed by atoms with Crippen LogP contribution in [-0.2, 0) is 4.79 Å². The van der Waals surface area contributed by atoms with Crippen molar-refractivity contribution in [1.82, 2.24) is 15.6 Å². The molecule has 0 fully saturated rings.